The summed E-state index contributed by atoms with van der Waals surface area (Å²) in [6, 6.07) is 13.3. The second kappa shape index (κ2) is 8.19. The molecule has 0 aliphatic rings. The average Bonchev–Trinajstić information content (AvgIpc) is 2.56. The molecule has 0 fully saturated rings. The van der Waals surface area contributed by atoms with Crippen LogP contribution in [0.1, 0.15) is 11.1 Å². The van der Waals surface area contributed by atoms with Gasteiger partial charge in [-0.2, -0.15) is 0 Å². The van der Waals surface area contributed by atoms with Crippen molar-refractivity contribution in [2.24, 2.45) is 0 Å². The first kappa shape index (κ1) is 16.8. The van der Waals surface area contributed by atoms with E-state index in [1.165, 1.54) is 0 Å². The molecule has 0 spiro atoms. The Morgan fingerprint density at radius 1 is 1.09 bits per heavy atom. The Kier molecular flexibility index (Phi) is 6.00. The molecule has 5 heteroatoms. The number of methoxy groups -OCH3 is 1. The highest BCUT2D eigenvalue weighted by molar-refractivity contribution is 5.93. The molecule has 0 saturated heterocycles. The number of nitrogens with one attached hydrogen (secondary N) is 2. The van der Waals surface area contributed by atoms with E-state index in [9.17, 15) is 4.79 Å². The van der Waals surface area contributed by atoms with E-state index in [-0.39, 0.29) is 12.5 Å². The van der Waals surface area contributed by atoms with Crippen molar-refractivity contribution in [2.75, 3.05) is 26.0 Å². The first-order valence-corrected chi connectivity index (χ1v) is 7.44. The van der Waals surface area contributed by atoms with E-state index in [1.54, 1.807) is 14.2 Å². The van der Waals surface area contributed by atoms with E-state index in [0.717, 1.165) is 28.3 Å². The Morgan fingerprint density at radius 3 is 2.57 bits per heavy atom. The predicted octanol–water partition coefficient (Wildman–Crippen LogP) is 2.74. The zero-order valence-electron chi connectivity index (χ0n) is 13.7. The quantitative estimate of drug-likeness (QED) is 0.825. The molecule has 2 aromatic rings. The maximum atomic E-state index is 11.7. The van der Waals surface area contributed by atoms with Gasteiger partial charge >= 0.3 is 0 Å². The minimum Gasteiger partial charge on any atom is -0.496 e. The van der Waals surface area contributed by atoms with E-state index < -0.39 is 0 Å². The summed E-state index contributed by atoms with van der Waals surface area (Å²) in [5, 5.41) is 5.69. The summed E-state index contributed by atoms with van der Waals surface area (Å²) in [7, 11) is 3.38. The summed E-state index contributed by atoms with van der Waals surface area (Å²) >= 11 is 0. The molecule has 5 nitrogen and oxygen atoms in total. The van der Waals surface area contributed by atoms with Crippen LogP contribution < -0.4 is 20.1 Å². The molecule has 0 heterocycles. The summed E-state index contributed by atoms with van der Waals surface area (Å²) in [5.74, 6) is 1.44. The van der Waals surface area contributed by atoms with E-state index in [0.29, 0.717) is 6.61 Å². The van der Waals surface area contributed by atoms with Gasteiger partial charge in [-0.25, -0.2) is 0 Å². The Hall–Kier alpha value is -2.53. The topological polar surface area (TPSA) is 59.6 Å². The van der Waals surface area contributed by atoms with Crippen molar-refractivity contribution in [3.8, 4) is 11.5 Å². The van der Waals surface area contributed by atoms with Crippen LogP contribution >= 0.6 is 0 Å². The van der Waals surface area contributed by atoms with Gasteiger partial charge in [0.25, 0.3) is 0 Å². The Morgan fingerprint density at radius 2 is 1.83 bits per heavy atom. The summed E-state index contributed by atoms with van der Waals surface area (Å²) in [6.45, 7) is 2.59. The highest BCUT2D eigenvalue weighted by Crippen LogP contribution is 2.27. The minimum atomic E-state index is -0.0857. The first-order chi connectivity index (χ1) is 11.2. The fourth-order valence-corrected chi connectivity index (χ4v) is 2.24. The number of benzene rings is 2. The van der Waals surface area contributed by atoms with Crippen LogP contribution in [0, 0.1) is 6.92 Å². The molecular formula is C18H22N2O3. The number of hydrogen-bond donors (Lipinski definition) is 2. The molecule has 0 bridgehead atoms. The largest absolute Gasteiger partial charge is 0.496 e. The zero-order chi connectivity index (χ0) is 16.7. The molecule has 0 atom stereocenters. The summed E-state index contributed by atoms with van der Waals surface area (Å²) < 4.78 is 11.2. The van der Waals surface area contributed by atoms with E-state index in [4.69, 9.17) is 9.47 Å². The van der Waals surface area contributed by atoms with Gasteiger partial charge in [-0.1, -0.05) is 24.3 Å². The summed E-state index contributed by atoms with van der Waals surface area (Å²) in [4.78, 5) is 11.7. The number of carbonyl (C=O) groups excluding carboxylic acids is 1. The number of carbonyl (C=O) groups is 1. The monoisotopic (exact) mass is 314 g/mol. The lowest BCUT2D eigenvalue weighted by atomic mass is 10.1. The predicted molar refractivity (Wildman–Crippen MR) is 91.1 cm³/mol. The van der Waals surface area contributed by atoms with Gasteiger partial charge in [0.2, 0.25) is 5.91 Å². The highest BCUT2D eigenvalue weighted by atomic mass is 16.5. The number of amides is 1. The van der Waals surface area contributed by atoms with Gasteiger partial charge in [0.15, 0.2) is 0 Å². The molecule has 0 unspecified atom stereocenters. The van der Waals surface area contributed by atoms with E-state index in [2.05, 4.69) is 10.6 Å². The zero-order valence-corrected chi connectivity index (χ0v) is 13.7. The minimum absolute atomic E-state index is 0.0857. The number of para-hydroxylation sites is 1. The van der Waals surface area contributed by atoms with Crippen LogP contribution in [-0.4, -0.2) is 26.6 Å². The number of ether oxygens (including phenoxy) is 2. The lowest BCUT2D eigenvalue weighted by Crippen LogP contribution is -2.25. The first-order valence-electron chi connectivity index (χ1n) is 7.44. The van der Waals surface area contributed by atoms with Crippen molar-refractivity contribution in [1.29, 1.82) is 0 Å². The second-order valence-corrected chi connectivity index (χ2v) is 5.11. The number of likely N-dealkylation sites (N-methyl/N-ethyl adjacent to an activating group) is 1. The fourth-order valence-electron chi connectivity index (χ4n) is 2.24. The normalized spacial score (nSPS) is 10.2. The SMILES string of the molecule is CNCC(=O)Nc1cccc(OCc2ccccc2OC)c1C. The molecule has 122 valence electrons. The third-order valence-electron chi connectivity index (χ3n) is 3.47. The molecule has 1 amide bonds. The molecule has 0 aliphatic heterocycles. The van der Waals surface area contributed by atoms with Gasteiger partial charge < -0.3 is 20.1 Å². The Labute approximate surface area is 136 Å². The standard InChI is InChI=1S/C18H22N2O3/c1-13-15(20-18(21)11-19-2)8-6-10-16(13)23-12-14-7-4-5-9-17(14)22-3/h4-10,19H,11-12H2,1-3H3,(H,20,21). The molecule has 0 radical (unpaired) electrons. The highest BCUT2D eigenvalue weighted by Gasteiger charge is 2.09. The maximum Gasteiger partial charge on any atom is 0.238 e. The van der Waals surface area contributed by atoms with Crippen LogP contribution in [0.25, 0.3) is 0 Å². The molecule has 0 aliphatic carbocycles. The smallest absolute Gasteiger partial charge is 0.238 e. The van der Waals surface area contributed by atoms with Gasteiger partial charge in [0.05, 0.1) is 13.7 Å². The van der Waals surface area contributed by atoms with Crippen molar-refractivity contribution in [2.45, 2.75) is 13.5 Å². The second-order valence-electron chi connectivity index (χ2n) is 5.11. The van der Waals surface area contributed by atoms with Crippen LogP contribution in [0.4, 0.5) is 5.69 Å². The van der Waals surface area contributed by atoms with Crippen LogP contribution in [-0.2, 0) is 11.4 Å². The Bertz CT molecular complexity index is 671. The van der Waals surface area contributed by atoms with Crippen LogP contribution in [0.15, 0.2) is 42.5 Å². The van der Waals surface area contributed by atoms with Crippen LogP contribution in [0.5, 0.6) is 11.5 Å². The molecule has 23 heavy (non-hydrogen) atoms. The lowest BCUT2D eigenvalue weighted by molar-refractivity contribution is -0.115. The lowest BCUT2D eigenvalue weighted by Gasteiger charge is -2.14. The average molecular weight is 314 g/mol. The molecule has 0 saturated carbocycles. The molecule has 2 rings (SSSR count). The van der Waals surface area contributed by atoms with Crippen molar-refractivity contribution in [1.82, 2.24) is 5.32 Å². The molecular weight excluding hydrogens is 292 g/mol. The molecule has 2 N–H and O–H groups in total. The van der Waals surface area contributed by atoms with Crippen molar-refractivity contribution in [3.63, 3.8) is 0 Å². The fraction of sp³-hybridized carbons (Fsp3) is 0.278. The van der Waals surface area contributed by atoms with Crippen LogP contribution in [0.3, 0.4) is 0 Å². The molecule has 0 aromatic heterocycles. The maximum absolute atomic E-state index is 11.7. The Balaban J connectivity index is 2.10. The van der Waals surface area contributed by atoms with Gasteiger partial charge in [0, 0.05) is 16.8 Å². The van der Waals surface area contributed by atoms with Crippen molar-refractivity contribution in [3.05, 3.63) is 53.6 Å². The van der Waals surface area contributed by atoms with Crippen molar-refractivity contribution >= 4 is 11.6 Å². The number of anilines is 1. The van der Waals surface area contributed by atoms with Crippen LogP contribution in [0.2, 0.25) is 0 Å². The summed E-state index contributed by atoms with van der Waals surface area (Å²) in [5.41, 5.74) is 2.62. The van der Waals surface area contributed by atoms with Crippen molar-refractivity contribution < 1.29 is 14.3 Å². The third-order valence-corrected chi connectivity index (χ3v) is 3.47. The van der Waals surface area contributed by atoms with Gasteiger partial charge in [-0.3, -0.25) is 4.79 Å². The number of rotatable bonds is 7. The molecule has 2 aromatic carbocycles. The van der Waals surface area contributed by atoms with Gasteiger partial charge in [-0.05, 0) is 32.2 Å². The summed E-state index contributed by atoms with van der Waals surface area (Å²) in [6.07, 6.45) is 0. The van der Waals surface area contributed by atoms with Gasteiger partial charge in [-0.15, -0.1) is 0 Å². The van der Waals surface area contributed by atoms with E-state index in [1.807, 2.05) is 49.4 Å². The number of hydrogen-bond acceptors (Lipinski definition) is 4. The van der Waals surface area contributed by atoms with Gasteiger partial charge in [0.1, 0.15) is 18.1 Å². The van der Waals surface area contributed by atoms with E-state index >= 15 is 0 Å². The third kappa shape index (κ3) is 4.47.